The second-order valence-electron chi connectivity index (χ2n) is 14.0. The van der Waals surface area contributed by atoms with E-state index in [4.69, 9.17) is 4.74 Å². The summed E-state index contributed by atoms with van der Waals surface area (Å²) in [5, 5.41) is 11.2. The van der Waals surface area contributed by atoms with Crippen LogP contribution in [0.3, 0.4) is 0 Å². The molecule has 228 valence electrons. The number of likely N-dealkylation sites (tertiary alicyclic amines) is 1. The van der Waals surface area contributed by atoms with E-state index in [0.29, 0.717) is 30.2 Å². The molecule has 0 radical (unpaired) electrons. The fraction of sp³-hybridized carbons (Fsp3) is 0.462. The van der Waals surface area contributed by atoms with Gasteiger partial charge in [-0.05, 0) is 105 Å². The second-order valence-corrected chi connectivity index (χ2v) is 14.0. The van der Waals surface area contributed by atoms with Gasteiger partial charge in [0.25, 0.3) is 5.91 Å². The van der Waals surface area contributed by atoms with Crippen molar-refractivity contribution in [3.8, 4) is 23.3 Å². The van der Waals surface area contributed by atoms with Crippen LogP contribution in [0.15, 0.2) is 60.7 Å². The highest BCUT2D eigenvalue weighted by atomic mass is 16.5. The molecule has 7 rings (SSSR count). The molecule has 44 heavy (non-hydrogen) atoms. The Morgan fingerprint density at radius 3 is 2.68 bits per heavy atom. The van der Waals surface area contributed by atoms with Crippen molar-refractivity contribution in [3.63, 3.8) is 0 Å². The predicted molar refractivity (Wildman–Crippen MR) is 174 cm³/mol. The topological polar surface area (TPSA) is 53.0 Å². The van der Waals surface area contributed by atoms with Crippen molar-refractivity contribution in [1.82, 2.24) is 9.80 Å². The lowest BCUT2D eigenvalue weighted by molar-refractivity contribution is -0.137. The maximum Gasteiger partial charge on any atom is 0.299 e. The summed E-state index contributed by atoms with van der Waals surface area (Å²) in [6.07, 6.45) is 4.66. The van der Waals surface area contributed by atoms with Crippen LogP contribution >= 0.6 is 0 Å². The summed E-state index contributed by atoms with van der Waals surface area (Å²) in [6.45, 7) is 11.2. The van der Waals surface area contributed by atoms with E-state index in [1.54, 1.807) is 0 Å². The number of carbonyl (C=O) groups is 1. The SMILES string of the molecule is Cc1ccc(C#CC(=O)N(CC(C)C)[C@H]2CC[C@H]3[C@H]4Cc5c(O)ccc6c5[C@@]3(CCN4CCc3ccccc3)[C@H]2O6)cc1C. The molecule has 4 aliphatic rings. The highest BCUT2D eigenvalue weighted by molar-refractivity contribution is 5.94. The van der Waals surface area contributed by atoms with E-state index in [1.165, 1.54) is 22.3 Å². The number of hydrogen-bond acceptors (Lipinski definition) is 4. The number of piperidine rings is 1. The van der Waals surface area contributed by atoms with Gasteiger partial charge in [0.2, 0.25) is 0 Å². The molecule has 0 aromatic heterocycles. The lowest BCUT2D eigenvalue weighted by atomic mass is 9.50. The highest BCUT2D eigenvalue weighted by Gasteiger charge is 2.66. The third kappa shape index (κ3) is 4.79. The molecule has 1 N–H and O–H groups in total. The van der Waals surface area contributed by atoms with E-state index < -0.39 is 0 Å². The van der Waals surface area contributed by atoms with Crippen LogP contribution in [0.25, 0.3) is 0 Å². The first-order valence-electron chi connectivity index (χ1n) is 16.5. The van der Waals surface area contributed by atoms with E-state index in [9.17, 15) is 9.90 Å². The van der Waals surface area contributed by atoms with Crippen LogP contribution < -0.4 is 4.74 Å². The van der Waals surface area contributed by atoms with Gasteiger partial charge in [0.05, 0.1) is 6.04 Å². The molecular weight excluding hydrogens is 544 g/mol. The minimum absolute atomic E-state index is 0.0628. The molecule has 0 unspecified atom stereocenters. The molecule has 2 bridgehead atoms. The first-order valence-corrected chi connectivity index (χ1v) is 16.5. The zero-order valence-electron chi connectivity index (χ0n) is 26.5. The molecule has 5 heteroatoms. The van der Waals surface area contributed by atoms with Gasteiger partial charge in [0.15, 0.2) is 0 Å². The Labute approximate surface area is 262 Å². The summed E-state index contributed by atoms with van der Waals surface area (Å²) in [5.41, 5.74) is 6.73. The number of aromatic hydroxyl groups is 1. The van der Waals surface area contributed by atoms with Gasteiger partial charge in [0.1, 0.15) is 17.6 Å². The molecule has 2 fully saturated rings. The summed E-state index contributed by atoms with van der Waals surface area (Å²) in [7, 11) is 0. The third-order valence-corrected chi connectivity index (χ3v) is 11.0. The molecular formula is C39H44N2O3. The monoisotopic (exact) mass is 588 g/mol. The van der Waals surface area contributed by atoms with E-state index in [0.717, 1.165) is 62.1 Å². The Hall–Kier alpha value is -3.75. The summed E-state index contributed by atoms with van der Waals surface area (Å²) in [4.78, 5) is 18.7. The van der Waals surface area contributed by atoms with Crippen LogP contribution in [-0.4, -0.2) is 58.6 Å². The van der Waals surface area contributed by atoms with Crippen LogP contribution in [0.2, 0.25) is 0 Å². The molecule has 1 saturated carbocycles. The minimum Gasteiger partial charge on any atom is -0.508 e. The smallest absolute Gasteiger partial charge is 0.299 e. The average molecular weight is 589 g/mol. The van der Waals surface area contributed by atoms with Gasteiger partial charge in [-0.3, -0.25) is 9.69 Å². The lowest BCUT2D eigenvalue weighted by Gasteiger charge is -2.60. The van der Waals surface area contributed by atoms with E-state index in [-0.39, 0.29) is 23.5 Å². The molecule has 3 aromatic rings. The van der Waals surface area contributed by atoms with Crippen molar-refractivity contribution in [1.29, 1.82) is 0 Å². The maximum atomic E-state index is 14.0. The predicted octanol–water partition coefficient (Wildman–Crippen LogP) is 6.20. The number of amides is 1. The molecule has 1 amide bonds. The molecule has 2 aliphatic carbocycles. The molecule has 3 aromatic carbocycles. The Morgan fingerprint density at radius 1 is 1.09 bits per heavy atom. The maximum absolute atomic E-state index is 14.0. The van der Waals surface area contributed by atoms with Crippen LogP contribution in [-0.2, 0) is 23.1 Å². The fourth-order valence-corrected chi connectivity index (χ4v) is 8.90. The molecule has 2 aliphatic heterocycles. The van der Waals surface area contributed by atoms with Crippen LogP contribution in [0.1, 0.15) is 66.5 Å². The first-order chi connectivity index (χ1) is 21.3. The van der Waals surface area contributed by atoms with Crippen molar-refractivity contribution in [3.05, 3.63) is 94.0 Å². The zero-order chi connectivity index (χ0) is 30.6. The van der Waals surface area contributed by atoms with Gasteiger partial charge >= 0.3 is 0 Å². The standard InChI is InChI=1S/C39H44N2O3/c1-25(2)24-41(36(43)17-12-29-11-10-26(3)27(4)22-29)32-14-13-31-33-23-30-34(42)15-16-35-37(30)39(31,38(32)44-35)19-21-40(33)20-18-28-8-6-5-7-9-28/h5-11,15-16,22,25,31-33,38,42H,13-14,18-21,23-24H2,1-4H3/t31-,32-,33+,38-,39-/m0/s1. The molecule has 1 saturated heterocycles. The zero-order valence-corrected chi connectivity index (χ0v) is 26.5. The van der Waals surface area contributed by atoms with Crippen molar-refractivity contribution >= 4 is 5.91 Å². The number of carbonyl (C=O) groups excluding carboxylic acids is 1. The van der Waals surface area contributed by atoms with Gasteiger partial charge in [-0.2, -0.15) is 0 Å². The molecule has 5 atom stereocenters. The van der Waals surface area contributed by atoms with Crippen molar-refractivity contribution in [2.45, 2.75) is 83.4 Å². The summed E-state index contributed by atoms with van der Waals surface area (Å²) >= 11 is 0. The Balaban J connectivity index is 1.22. The number of aryl methyl sites for hydroxylation is 2. The summed E-state index contributed by atoms with van der Waals surface area (Å²) in [6, 6.07) is 20.9. The Kier molecular flexibility index (Phi) is 7.45. The van der Waals surface area contributed by atoms with Crippen molar-refractivity contribution in [2.24, 2.45) is 11.8 Å². The van der Waals surface area contributed by atoms with Crippen molar-refractivity contribution in [2.75, 3.05) is 19.6 Å². The Bertz CT molecular complexity index is 1640. The molecule has 2 heterocycles. The lowest BCUT2D eigenvalue weighted by Crippen LogP contribution is -2.69. The number of benzene rings is 3. The number of ether oxygens (including phenoxy) is 1. The Morgan fingerprint density at radius 2 is 1.91 bits per heavy atom. The van der Waals surface area contributed by atoms with Gasteiger partial charge < -0.3 is 14.7 Å². The largest absolute Gasteiger partial charge is 0.508 e. The average Bonchev–Trinajstić information content (AvgIpc) is 3.35. The number of rotatable bonds is 6. The summed E-state index contributed by atoms with van der Waals surface area (Å²) < 4.78 is 6.94. The van der Waals surface area contributed by atoms with Gasteiger partial charge in [-0.15, -0.1) is 0 Å². The fourth-order valence-electron chi connectivity index (χ4n) is 8.90. The van der Waals surface area contributed by atoms with Gasteiger partial charge in [-0.1, -0.05) is 56.2 Å². The van der Waals surface area contributed by atoms with Crippen LogP contribution in [0, 0.1) is 37.5 Å². The second kappa shape index (κ2) is 11.3. The first kappa shape index (κ1) is 29.0. The summed E-state index contributed by atoms with van der Waals surface area (Å²) in [5.74, 6) is 8.11. The molecule has 1 spiro atoms. The van der Waals surface area contributed by atoms with Crippen LogP contribution in [0.4, 0.5) is 0 Å². The minimum atomic E-state index is -0.199. The van der Waals surface area contributed by atoms with Crippen LogP contribution in [0.5, 0.6) is 11.5 Å². The van der Waals surface area contributed by atoms with E-state index in [2.05, 4.69) is 86.9 Å². The normalized spacial score (nSPS) is 26.4. The number of phenols is 1. The number of hydrogen-bond donors (Lipinski definition) is 1. The highest BCUT2D eigenvalue weighted by Crippen LogP contribution is 2.63. The van der Waals surface area contributed by atoms with Gasteiger partial charge in [0, 0.05) is 47.2 Å². The van der Waals surface area contributed by atoms with E-state index >= 15 is 0 Å². The molecule has 5 nitrogen and oxygen atoms in total. The van der Waals surface area contributed by atoms with Crippen molar-refractivity contribution < 1.29 is 14.6 Å². The number of nitrogens with zero attached hydrogens (tertiary/aromatic N) is 2. The van der Waals surface area contributed by atoms with Gasteiger partial charge in [-0.25, -0.2) is 0 Å². The quantitative estimate of drug-likeness (QED) is 0.349. The number of phenolic OH excluding ortho intramolecular Hbond substituents is 1. The third-order valence-electron chi connectivity index (χ3n) is 11.0. The van der Waals surface area contributed by atoms with E-state index in [1.807, 2.05) is 23.1 Å².